The van der Waals surface area contributed by atoms with Gasteiger partial charge in [-0.1, -0.05) is 19.1 Å². The van der Waals surface area contributed by atoms with Gasteiger partial charge in [0.2, 0.25) is 0 Å². The van der Waals surface area contributed by atoms with Crippen LogP contribution in [0.15, 0.2) is 46.9 Å². The minimum absolute atomic E-state index is 0.266. The Bertz CT molecular complexity index is 948. The van der Waals surface area contributed by atoms with Crippen molar-refractivity contribution in [1.29, 1.82) is 0 Å². The van der Waals surface area contributed by atoms with E-state index in [4.69, 9.17) is 4.74 Å². The van der Waals surface area contributed by atoms with Gasteiger partial charge < -0.3 is 10.1 Å². The van der Waals surface area contributed by atoms with E-state index in [0.29, 0.717) is 21.3 Å². The number of rotatable bonds is 6. The van der Waals surface area contributed by atoms with E-state index in [2.05, 4.69) is 21.2 Å². The smallest absolute Gasteiger partial charge is 0.325 e. The van der Waals surface area contributed by atoms with Gasteiger partial charge in [-0.2, -0.15) is 0 Å². The van der Waals surface area contributed by atoms with Gasteiger partial charge in [0.25, 0.3) is 5.91 Å². The monoisotopic (exact) mass is 448 g/mol. The molecule has 8 heteroatoms. The second-order valence-corrected chi connectivity index (χ2v) is 7.21. The zero-order chi connectivity index (χ0) is 20.5. The number of carbonyl (C=O) groups excluding carboxylic acids is 3. The summed E-state index contributed by atoms with van der Waals surface area (Å²) in [5.74, 6) is -0.804. The number of nitrogens with zero attached hydrogens (tertiary/aromatic N) is 1. The Hall–Kier alpha value is -2.74. The van der Waals surface area contributed by atoms with Crippen molar-refractivity contribution in [2.24, 2.45) is 0 Å². The summed E-state index contributed by atoms with van der Waals surface area (Å²) in [5, 5.41) is 2.67. The van der Waals surface area contributed by atoms with Crippen LogP contribution in [-0.2, 0) is 10.3 Å². The summed E-state index contributed by atoms with van der Waals surface area (Å²) in [5.41, 5.74) is -0.508. The number of benzene rings is 2. The van der Waals surface area contributed by atoms with Crippen LogP contribution in [-0.4, -0.2) is 36.3 Å². The molecule has 0 spiro atoms. The van der Waals surface area contributed by atoms with Crippen LogP contribution in [0.25, 0.3) is 0 Å². The summed E-state index contributed by atoms with van der Waals surface area (Å²) < 4.78 is 19.0. The van der Waals surface area contributed by atoms with E-state index < -0.39 is 35.6 Å². The molecule has 1 unspecified atom stereocenters. The number of ether oxygens (including phenoxy) is 1. The van der Waals surface area contributed by atoms with Crippen molar-refractivity contribution >= 4 is 33.7 Å². The average Bonchev–Trinajstić information content (AvgIpc) is 2.93. The molecule has 1 fully saturated rings. The van der Waals surface area contributed by atoms with E-state index in [-0.39, 0.29) is 6.42 Å². The van der Waals surface area contributed by atoms with Crippen molar-refractivity contribution in [3.05, 3.63) is 63.9 Å². The number of amides is 3. The molecule has 1 aliphatic heterocycles. The zero-order valence-corrected chi connectivity index (χ0v) is 16.9. The first kappa shape index (κ1) is 20.0. The van der Waals surface area contributed by atoms with E-state index >= 15 is 0 Å². The quantitative estimate of drug-likeness (QED) is 0.540. The van der Waals surface area contributed by atoms with E-state index in [1.807, 2.05) is 0 Å². The highest BCUT2D eigenvalue weighted by Gasteiger charge is 2.51. The molecule has 0 aromatic heterocycles. The molecule has 1 heterocycles. The van der Waals surface area contributed by atoms with Crippen LogP contribution < -0.4 is 10.1 Å². The number of Topliss-reactive ketones (excluding diaryl/α,β-unsaturated/α-hetero) is 1. The van der Waals surface area contributed by atoms with Gasteiger partial charge in [-0.25, -0.2) is 9.18 Å². The molecule has 3 amide bonds. The number of halogens is 2. The molecule has 3 rings (SSSR count). The summed E-state index contributed by atoms with van der Waals surface area (Å²) >= 11 is 3.31. The Balaban J connectivity index is 1.86. The topological polar surface area (TPSA) is 75.7 Å². The predicted octanol–water partition coefficient (Wildman–Crippen LogP) is 3.64. The first-order valence-electron chi connectivity index (χ1n) is 8.59. The lowest BCUT2D eigenvalue weighted by Gasteiger charge is -2.25. The van der Waals surface area contributed by atoms with E-state index in [9.17, 15) is 18.8 Å². The third kappa shape index (κ3) is 3.40. The molecule has 2 aromatic rings. The van der Waals surface area contributed by atoms with Gasteiger partial charge >= 0.3 is 6.03 Å². The third-order valence-corrected chi connectivity index (χ3v) is 5.44. The minimum Gasteiger partial charge on any atom is -0.496 e. The molecule has 0 bridgehead atoms. The Morgan fingerprint density at radius 1 is 1.21 bits per heavy atom. The van der Waals surface area contributed by atoms with Crippen molar-refractivity contribution in [2.75, 3.05) is 13.7 Å². The Labute approximate surface area is 169 Å². The fourth-order valence-electron chi connectivity index (χ4n) is 3.22. The van der Waals surface area contributed by atoms with Gasteiger partial charge in [0.1, 0.15) is 17.1 Å². The molecule has 1 atom stereocenters. The molecule has 0 aliphatic carbocycles. The van der Waals surface area contributed by atoms with Crippen molar-refractivity contribution < 1.29 is 23.5 Å². The Morgan fingerprint density at radius 2 is 1.89 bits per heavy atom. The largest absolute Gasteiger partial charge is 0.496 e. The van der Waals surface area contributed by atoms with Crippen LogP contribution in [0.4, 0.5) is 9.18 Å². The van der Waals surface area contributed by atoms with Crippen LogP contribution >= 0.6 is 15.9 Å². The van der Waals surface area contributed by atoms with E-state index in [0.717, 1.165) is 4.90 Å². The van der Waals surface area contributed by atoms with Crippen LogP contribution in [0, 0.1) is 5.82 Å². The highest BCUT2D eigenvalue weighted by Crippen LogP contribution is 2.33. The number of hydrogen-bond acceptors (Lipinski definition) is 4. The SMILES string of the molecule is CCC1(c2ccc(F)cc2)NC(=O)N(CC(=O)c2ccc(OC)c(Br)c2)C1=O. The maximum absolute atomic E-state index is 13.3. The summed E-state index contributed by atoms with van der Waals surface area (Å²) in [4.78, 5) is 39.1. The fraction of sp³-hybridized carbons (Fsp3) is 0.250. The van der Waals surface area contributed by atoms with Gasteiger partial charge in [-0.05, 0) is 58.2 Å². The third-order valence-electron chi connectivity index (χ3n) is 4.82. The van der Waals surface area contributed by atoms with E-state index in [1.54, 1.807) is 25.1 Å². The normalized spacial score (nSPS) is 18.9. The van der Waals surface area contributed by atoms with Crippen LogP contribution in [0.1, 0.15) is 29.3 Å². The molecule has 0 radical (unpaired) electrons. The van der Waals surface area contributed by atoms with E-state index in [1.165, 1.54) is 31.4 Å². The molecule has 1 saturated heterocycles. The van der Waals surface area contributed by atoms with Crippen molar-refractivity contribution in [3.8, 4) is 5.75 Å². The molecule has 1 aliphatic rings. The van der Waals surface area contributed by atoms with Crippen LogP contribution in [0.3, 0.4) is 0 Å². The lowest BCUT2D eigenvalue weighted by molar-refractivity contribution is -0.131. The average molecular weight is 449 g/mol. The molecular weight excluding hydrogens is 431 g/mol. The number of nitrogens with one attached hydrogen (secondary N) is 1. The van der Waals surface area contributed by atoms with Gasteiger partial charge in [0, 0.05) is 5.56 Å². The molecule has 146 valence electrons. The molecular formula is C20H18BrFN2O4. The van der Waals surface area contributed by atoms with Gasteiger partial charge in [-0.15, -0.1) is 0 Å². The molecule has 0 saturated carbocycles. The number of hydrogen-bond donors (Lipinski definition) is 1. The number of urea groups is 1. The Morgan fingerprint density at radius 3 is 2.46 bits per heavy atom. The molecule has 28 heavy (non-hydrogen) atoms. The Kier molecular flexibility index (Phi) is 5.51. The first-order valence-corrected chi connectivity index (χ1v) is 9.38. The van der Waals surface area contributed by atoms with Crippen LogP contribution in [0.5, 0.6) is 5.75 Å². The summed E-state index contributed by atoms with van der Waals surface area (Å²) in [6, 6.07) is 9.50. The van der Waals surface area contributed by atoms with Gasteiger partial charge in [-0.3, -0.25) is 14.5 Å². The van der Waals surface area contributed by atoms with Crippen molar-refractivity contribution in [2.45, 2.75) is 18.9 Å². The maximum Gasteiger partial charge on any atom is 0.325 e. The number of ketones is 1. The number of imide groups is 1. The highest BCUT2D eigenvalue weighted by atomic mass is 79.9. The predicted molar refractivity (Wildman–Crippen MR) is 104 cm³/mol. The number of carbonyl (C=O) groups is 3. The maximum atomic E-state index is 13.3. The number of methoxy groups -OCH3 is 1. The molecule has 6 nitrogen and oxygen atoms in total. The lowest BCUT2D eigenvalue weighted by atomic mass is 9.87. The van der Waals surface area contributed by atoms with Gasteiger partial charge in [0.15, 0.2) is 5.78 Å². The molecule has 1 N–H and O–H groups in total. The second kappa shape index (κ2) is 7.71. The standard InChI is InChI=1S/C20H18BrFN2O4/c1-3-20(13-5-7-14(22)8-6-13)18(26)24(19(27)23-20)11-16(25)12-4-9-17(28-2)15(21)10-12/h4-10H,3,11H2,1-2H3,(H,23,27). The highest BCUT2D eigenvalue weighted by molar-refractivity contribution is 9.10. The summed E-state index contributed by atoms with van der Waals surface area (Å²) in [6.07, 6.45) is 0.266. The van der Waals surface area contributed by atoms with Crippen molar-refractivity contribution in [1.82, 2.24) is 10.2 Å². The lowest BCUT2D eigenvalue weighted by Crippen LogP contribution is -2.43. The summed E-state index contributed by atoms with van der Waals surface area (Å²) in [6.45, 7) is 1.35. The summed E-state index contributed by atoms with van der Waals surface area (Å²) in [7, 11) is 1.51. The molecule has 2 aromatic carbocycles. The first-order chi connectivity index (χ1) is 13.3. The minimum atomic E-state index is -1.31. The van der Waals surface area contributed by atoms with Gasteiger partial charge in [0.05, 0.1) is 18.1 Å². The van der Waals surface area contributed by atoms with Crippen LogP contribution in [0.2, 0.25) is 0 Å². The second-order valence-electron chi connectivity index (χ2n) is 6.36. The fourth-order valence-corrected chi connectivity index (χ4v) is 3.76. The van der Waals surface area contributed by atoms with Crippen molar-refractivity contribution in [3.63, 3.8) is 0 Å². The zero-order valence-electron chi connectivity index (χ0n) is 15.3.